The zero-order valence-corrected chi connectivity index (χ0v) is 9.82. The predicted octanol–water partition coefficient (Wildman–Crippen LogP) is 2.09. The topological polar surface area (TPSA) is 25.8 Å². The van der Waals surface area contributed by atoms with Crippen LogP contribution < -0.4 is 10.1 Å². The van der Waals surface area contributed by atoms with Crippen LogP contribution in [0.1, 0.15) is 12.5 Å². The van der Waals surface area contributed by atoms with Gasteiger partial charge in [-0.3, -0.25) is 0 Å². The third-order valence-electron chi connectivity index (χ3n) is 1.94. The highest BCUT2D eigenvalue weighted by Crippen LogP contribution is 2.31. The van der Waals surface area contributed by atoms with E-state index in [0.29, 0.717) is 10.0 Å². The molecule has 0 unspecified atom stereocenters. The summed E-state index contributed by atoms with van der Waals surface area (Å²) in [6.07, 6.45) is 0. The molecule has 1 aromatic carbocycles. The summed E-state index contributed by atoms with van der Waals surface area (Å²) in [6, 6.07) is 3.58. The summed E-state index contributed by atoms with van der Waals surface area (Å²) in [7, 11) is 1.62. The van der Waals surface area contributed by atoms with Crippen molar-refractivity contribution in [2.75, 3.05) is 13.7 Å². The van der Waals surface area contributed by atoms with Gasteiger partial charge < -0.3 is 10.1 Å². The van der Waals surface area contributed by atoms with Crippen LogP contribution in [0.5, 0.6) is 5.75 Å². The van der Waals surface area contributed by atoms with Crippen LogP contribution in [0.25, 0.3) is 0 Å². The summed E-state index contributed by atoms with van der Waals surface area (Å²) < 4.78 is 5.22. The maximum Gasteiger partial charge on any atom is 0.146 e. The van der Waals surface area contributed by atoms with E-state index in [4.69, 9.17) is 27.9 Å². The molecule has 0 atom stereocenters. The normalized spacial score (nSPS) is 10.3. The average Bonchev–Trinajstić information content (AvgIpc) is 2.14. The molecule has 0 aliphatic rings. The lowest BCUT2D eigenvalue weighted by Gasteiger charge is -2.09. The molecule has 1 rings (SSSR count). The van der Waals surface area contributed by atoms with Crippen molar-refractivity contribution >= 4 is 23.2 Å². The number of halogens is 2. The van der Waals surface area contributed by atoms with Crippen LogP contribution in [0.4, 0.5) is 0 Å². The van der Waals surface area contributed by atoms with Crippen LogP contribution in [0, 0.1) is 0 Å². The summed E-state index contributed by atoms with van der Waals surface area (Å²) in [5.41, 5.74) is 1.03. The van der Waals surface area contributed by atoms with E-state index in [0.717, 1.165) is 24.4 Å². The zero-order chi connectivity index (χ0) is 10.6. The summed E-state index contributed by atoms with van der Waals surface area (Å²) in [6.45, 7) is 3.95. The van der Waals surface area contributed by atoms with Gasteiger partial charge in [0, 0.05) is 5.02 Å². The first kappa shape index (κ1) is 11.6. The molecule has 0 saturated heterocycles. The Labute approximate surface area is 94.2 Å². The highest BCUT2D eigenvalue weighted by molar-refractivity contribution is 6.35. The second kappa shape index (κ2) is 5.44. The number of rotatable bonds is 4. The lowest BCUT2D eigenvalue weighted by atomic mass is 10.2. The zero-order valence-electron chi connectivity index (χ0n) is 8.31. The lowest BCUT2D eigenvalue weighted by molar-refractivity contribution is -0.667. The molecule has 0 aromatic heterocycles. The molecule has 0 aliphatic heterocycles. The molecule has 0 saturated carbocycles. The molecule has 0 spiro atoms. The minimum Gasteiger partial charge on any atom is -0.495 e. The maximum absolute atomic E-state index is 5.99. The van der Waals surface area contributed by atoms with E-state index >= 15 is 0 Å². The molecule has 2 nitrogen and oxygen atoms in total. The van der Waals surface area contributed by atoms with Crippen molar-refractivity contribution in [3.63, 3.8) is 0 Å². The summed E-state index contributed by atoms with van der Waals surface area (Å²) in [4.78, 5) is 0. The van der Waals surface area contributed by atoms with Crippen LogP contribution in [0.2, 0.25) is 10.0 Å². The molecule has 0 radical (unpaired) electrons. The van der Waals surface area contributed by atoms with Crippen molar-refractivity contribution in [3.05, 3.63) is 27.7 Å². The number of benzene rings is 1. The fourth-order valence-electron chi connectivity index (χ4n) is 1.29. The van der Waals surface area contributed by atoms with Crippen molar-refractivity contribution in [1.82, 2.24) is 0 Å². The molecule has 1 aromatic rings. The number of quaternary nitrogens is 1. The molecule has 0 heterocycles. The minimum atomic E-state index is 0.569. The number of hydrogen-bond acceptors (Lipinski definition) is 1. The summed E-state index contributed by atoms with van der Waals surface area (Å²) in [5, 5.41) is 3.37. The highest BCUT2D eigenvalue weighted by Gasteiger charge is 2.10. The van der Waals surface area contributed by atoms with Gasteiger partial charge in [-0.05, 0) is 19.1 Å². The molecule has 2 N–H and O–H groups in total. The number of ether oxygens (including phenoxy) is 1. The smallest absolute Gasteiger partial charge is 0.146 e. The Morgan fingerprint density at radius 1 is 1.36 bits per heavy atom. The number of nitrogens with two attached hydrogens (primary N) is 1. The van der Waals surface area contributed by atoms with Gasteiger partial charge in [0.15, 0.2) is 0 Å². The fourth-order valence-corrected chi connectivity index (χ4v) is 1.91. The third kappa shape index (κ3) is 2.77. The van der Waals surface area contributed by atoms with E-state index in [1.54, 1.807) is 13.2 Å². The Hall–Kier alpha value is -0.440. The first-order chi connectivity index (χ1) is 6.69. The molecule has 0 fully saturated rings. The van der Waals surface area contributed by atoms with Gasteiger partial charge in [0.1, 0.15) is 12.3 Å². The maximum atomic E-state index is 5.99. The molecule has 78 valence electrons. The first-order valence-corrected chi connectivity index (χ1v) is 5.28. The summed E-state index contributed by atoms with van der Waals surface area (Å²) >= 11 is 11.9. The van der Waals surface area contributed by atoms with Gasteiger partial charge >= 0.3 is 0 Å². The third-order valence-corrected chi connectivity index (χ3v) is 2.44. The van der Waals surface area contributed by atoms with E-state index < -0.39 is 0 Å². The minimum absolute atomic E-state index is 0.569. The fraction of sp³-hybridized carbons (Fsp3) is 0.400. The SMILES string of the molecule is CC[NH2+]Cc1cc(Cl)cc(Cl)c1OC. The predicted molar refractivity (Wildman–Crippen MR) is 59.2 cm³/mol. The average molecular weight is 235 g/mol. The van der Waals surface area contributed by atoms with Gasteiger partial charge in [0.2, 0.25) is 0 Å². The van der Waals surface area contributed by atoms with Crippen molar-refractivity contribution in [2.24, 2.45) is 0 Å². The Morgan fingerprint density at radius 3 is 2.64 bits per heavy atom. The molecule has 14 heavy (non-hydrogen) atoms. The number of methoxy groups -OCH3 is 1. The van der Waals surface area contributed by atoms with Gasteiger partial charge in [-0.25, -0.2) is 0 Å². The Balaban J connectivity index is 2.99. The molecular formula is C10H14Cl2NO+. The molecule has 4 heteroatoms. The molecule has 0 bridgehead atoms. The van der Waals surface area contributed by atoms with Crippen LogP contribution >= 0.6 is 23.2 Å². The van der Waals surface area contributed by atoms with E-state index in [-0.39, 0.29) is 0 Å². The van der Waals surface area contributed by atoms with Crippen molar-refractivity contribution in [2.45, 2.75) is 13.5 Å². The van der Waals surface area contributed by atoms with Crippen LogP contribution in [0.15, 0.2) is 12.1 Å². The van der Waals surface area contributed by atoms with Gasteiger partial charge in [0.05, 0.1) is 24.2 Å². The second-order valence-corrected chi connectivity index (χ2v) is 3.82. The van der Waals surface area contributed by atoms with Crippen LogP contribution in [-0.2, 0) is 6.54 Å². The van der Waals surface area contributed by atoms with E-state index in [2.05, 4.69) is 12.2 Å². The van der Waals surface area contributed by atoms with Crippen molar-refractivity contribution < 1.29 is 10.1 Å². The summed E-state index contributed by atoms with van der Waals surface area (Å²) in [5.74, 6) is 0.723. The van der Waals surface area contributed by atoms with Crippen molar-refractivity contribution in [3.8, 4) is 5.75 Å². The first-order valence-electron chi connectivity index (χ1n) is 4.52. The van der Waals surface area contributed by atoms with E-state index in [1.807, 2.05) is 6.07 Å². The molecular weight excluding hydrogens is 221 g/mol. The van der Waals surface area contributed by atoms with Gasteiger partial charge in [-0.1, -0.05) is 23.2 Å². The van der Waals surface area contributed by atoms with Crippen molar-refractivity contribution in [1.29, 1.82) is 0 Å². The second-order valence-electron chi connectivity index (χ2n) is 2.98. The highest BCUT2D eigenvalue weighted by atomic mass is 35.5. The Morgan fingerprint density at radius 2 is 2.07 bits per heavy atom. The number of hydrogen-bond donors (Lipinski definition) is 1. The van der Waals surface area contributed by atoms with Crippen LogP contribution in [-0.4, -0.2) is 13.7 Å². The Kier molecular flexibility index (Phi) is 4.52. The van der Waals surface area contributed by atoms with Gasteiger partial charge in [-0.15, -0.1) is 0 Å². The quantitative estimate of drug-likeness (QED) is 0.849. The van der Waals surface area contributed by atoms with Gasteiger partial charge in [0.25, 0.3) is 0 Å². The van der Waals surface area contributed by atoms with E-state index in [9.17, 15) is 0 Å². The molecule has 0 amide bonds. The molecule has 0 aliphatic carbocycles. The Bertz CT molecular complexity index is 315. The standard InChI is InChI=1S/C10H13Cl2NO/c1-3-13-6-7-4-8(11)5-9(12)10(7)14-2/h4-5,13H,3,6H2,1-2H3/p+1. The van der Waals surface area contributed by atoms with E-state index in [1.165, 1.54) is 0 Å². The largest absolute Gasteiger partial charge is 0.495 e. The van der Waals surface area contributed by atoms with Gasteiger partial charge in [-0.2, -0.15) is 0 Å². The lowest BCUT2D eigenvalue weighted by Crippen LogP contribution is -2.81. The van der Waals surface area contributed by atoms with Crippen LogP contribution in [0.3, 0.4) is 0 Å². The monoisotopic (exact) mass is 234 g/mol.